The molecule has 1 aromatic carbocycles. The van der Waals surface area contributed by atoms with Gasteiger partial charge < -0.3 is 15.0 Å². The van der Waals surface area contributed by atoms with E-state index in [-0.39, 0.29) is 5.91 Å². The minimum absolute atomic E-state index is 0.0225. The number of rotatable bonds is 4. The van der Waals surface area contributed by atoms with E-state index in [2.05, 4.69) is 5.32 Å². The molecular formula is C15H21ClN2O2. The van der Waals surface area contributed by atoms with Crippen molar-refractivity contribution in [3.05, 3.63) is 28.8 Å². The van der Waals surface area contributed by atoms with Gasteiger partial charge in [0, 0.05) is 32.8 Å². The first-order valence-corrected chi connectivity index (χ1v) is 7.28. The SMILES string of the molecule is CN(C)C(=O)c1ccc(Cl)c(NCC2CCCOC2)c1. The van der Waals surface area contributed by atoms with Gasteiger partial charge in [0.25, 0.3) is 5.91 Å². The van der Waals surface area contributed by atoms with Gasteiger partial charge in [-0.2, -0.15) is 0 Å². The summed E-state index contributed by atoms with van der Waals surface area (Å²) in [6.45, 7) is 2.48. The predicted molar refractivity (Wildman–Crippen MR) is 81.5 cm³/mol. The molecule has 110 valence electrons. The molecule has 1 aromatic rings. The van der Waals surface area contributed by atoms with E-state index in [4.69, 9.17) is 16.3 Å². The van der Waals surface area contributed by atoms with Crippen LogP contribution in [0.3, 0.4) is 0 Å². The average Bonchev–Trinajstić information content (AvgIpc) is 2.46. The third-order valence-corrected chi connectivity index (χ3v) is 3.78. The molecule has 1 aliphatic heterocycles. The van der Waals surface area contributed by atoms with Crippen LogP contribution >= 0.6 is 11.6 Å². The van der Waals surface area contributed by atoms with E-state index in [0.717, 1.165) is 31.9 Å². The van der Waals surface area contributed by atoms with Crippen LogP contribution in [0.15, 0.2) is 18.2 Å². The standard InChI is InChI=1S/C15H21ClN2O2/c1-18(2)15(19)12-5-6-13(16)14(8-12)17-9-11-4-3-7-20-10-11/h5-6,8,11,17H,3-4,7,9-10H2,1-2H3. The third-order valence-electron chi connectivity index (χ3n) is 3.46. The Morgan fingerprint density at radius 2 is 2.30 bits per heavy atom. The molecule has 1 N–H and O–H groups in total. The molecule has 0 radical (unpaired) electrons. The maximum absolute atomic E-state index is 11.9. The second-order valence-corrected chi connectivity index (χ2v) is 5.77. The molecule has 1 atom stereocenters. The smallest absolute Gasteiger partial charge is 0.253 e. The maximum atomic E-state index is 11.9. The number of anilines is 1. The Labute approximate surface area is 125 Å². The Hall–Kier alpha value is -1.26. The first-order valence-electron chi connectivity index (χ1n) is 6.90. The summed E-state index contributed by atoms with van der Waals surface area (Å²) in [6, 6.07) is 5.33. The number of amides is 1. The molecule has 0 saturated carbocycles. The van der Waals surface area contributed by atoms with Crippen LogP contribution in [0.2, 0.25) is 5.02 Å². The van der Waals surface area contributed by atoms with Gasteiger partial charge in [-0.3, -0.25) is 4.79 Å². The molecule has 4 nitrogen and oxygen atoms in total. The summed E-state index contributed by atoms with van der Waals surface area (Å²) in [5, 5.41) is 3.97. The van der Waals surface area contributed by atoms with Crippen LogP contribution in [0.25, 0.3) is 0 Å². The van der Waals surface area contributed by atoms with Gasteiger partial charge in [-0.25, -0.2) is 0 Å². The Kier molecular flexibility index (Phi) is 5.26. The molecule has 2 rings (SSSR count). The quantitative estimate of drug-likeness (QED) is 0.929. The van der Waals surface area contributed by atoms with E-state index >= 15 is 0 Å². The summed E-state index contributed by atoms with van der Waals surface area (Å²) in [5.74, 6) is 0.485. The lowest BCUT2D eigenvalue weighted by atomic mass is 10.0. The highest BCUT2D eigenvalue weighted by atomic mass is 35.5. The fourth-order valence-electron chi connectivity index (χ4n) is 2.27. The Morgan fingerprint density at radius 1 is 1.50 bits per heavy atom. The highest BCUT2D eigenvalue weighted by Crippen LogP contribution is 2.24. The van der Waals surface area contributed by atoms with Gasteiger partial charge in [-0.1, -0.05) is 11.6 Å². The topological polar surface area (TPSA) is 41.6 Å². The summed E-state index contributed by atoms with van der Waals surface area (Å²) in [6.07, 6.45) is 2.28. The van der Waals surface area contributed by atoms with Crippen molar-refractivity contribution in [1.29, 1.82) is 0 Å². The Morgan fingerprint density at radius 3 is 2.95 bits per heavy atom. The Balaban J connectivity index is 2.02. The van der Waals surface area contributed by atoms with E-state index in [1.54, 1.807) is 31.1 Å². The molecule has 0 spiro atoms. The largest absolute Gasteiger partial charge is 0.383 e. The van der Waals surface area contributed by atoms with E-state index in [9.17, 15) is 4.79 Å². The second kappa shape index (κ2) is 6.95. The zero-order valence-corrected chi connectivity index (χ0v) is 12.7. The van der Waals surface area contributed by atoms with E-state index in [1.165, 1.54) is 6.42 Å². The molecular weight excluding hydrogens is 276 g/mol. The number of nitrogens with zero attached hydrogens (tertiary/aromatic N) is 1. The van der Waals surface area contributed by atoms with Crippen LogP contribution in [0, 0.1) is 5.92 Å². The summed E-state index contributed by atoms with van der Waals surface area (Å²) >= 11 is 6.18. The molecule has 1 heterocycles. The maximum Gasteiger partial charge on any atom is 0.253 e. The molecule has 1 aliphatic rings. The van der Waals surface area contributed by atoms with Crippen molar-refractivity contribution in [2.75, 3.05) is 39.2 Å². The molecule has 1 fully saturated rings. The van der Waals surface area contributed by atoms with Gasteiger partial charge in [0.05, 0.1) is 17.3 Å². The highest BCUT2D eigenvalue weighted by Gasteiger charge is 2.15. The number of hydrogen-bond acceptors (Lipinski definition) is 3. The lowest BCUT2D eigenvalue weighted by Gasteiger charge is -2.23. The number of ether oxygens (including phenoxy) is 1. The zero-order valence-electron chi connectivity index (χ0n) is 12.0. The molecule has 20 heavy (non-hydrogen) atoms. The lowest BCUT2D eigenvalue weighted by molar-refractivity contribution is 0.0595. The van der Waals surface area contributed by atoms with Crippen molar-refractivity contribution in [2.45, 2.75) is 12.8 Å². The second-order valence-electron chi connectivity index (χ2n) is 5.36. The predicted octanol–water partition coefficient (Wildman–Crippen LogP) is 2.88. The van der Waals surface area contributed by atoms with E-state index in [0.29, 0.717) is 16.5 Å². The molecule has 0 aliphatic carbocycles. The van der Waals surface area contributed by atoms with Crippen LogP contribution in [0.1, 0.15) is 23.2 Å². The van der Waals surface area contributed by atoms with Crippen molar-refractivity contribution in [3.8, 4) is 0 Å². The van der Waals surface area contributed by atoms with Crippen molar-refractivity contribution >= 4 is 23.2 Å². The van der Waals surface area contributed by atoms with E-state index in [1.807, 2.05) is 6.07 Å². The fourth-order valence-corrected chi connectivity index (χ4v) is 2.46. The molecule has 0 bridgehead atoms. The van der Waals surface area contributed by atoms with Gasteiger partial charge in [0.2, 0.25) is 0 Å². The number of hydrogen-bond donors (Lipinski definition) is 1. The van der Waals surface area contributed by atoms with Gasteiger partial charge in [0.1, 0.15) is 0 Å². The minimum atomic E-state index is -0.0225. The van der Waals surface area contributed by atoms with Crippen molar-refractivity contribution in [2.24, 2.45) is 5.92 Å². The van der Waals surface area contributed by atoms with Crippen molar-refractivity contribution in [3.63, 3.8) is 0 Å². The summed E-state index contributed by atoms with van der Waals surface area (Å²) < 4.78 is 5.46. The number of halogens is 1. The van der Waals surface area contributed by atoms with Crippen LogP contribution in [-0.4, -0.2) is 44.7 Å². The van der Waals surface area contributed by atoms with Gasteiger partial charge in [0.15, 0.2) is 0 Å². The first-order chi connectivity index (χ1) is 9.58. The molecule has 1 saturated heterocycles. The molecule has 0 aromatic heterocycles. The summed E-state index contributed by atoms with van der Waals surface area (Å²) in [5.41, 5.74) is 1.45. The van der Waals surface area contributed by atoms with Crippen LogP contribution in [0.4, 0.5) is 5.69 Å². The molecule has 5 heteroatoms. The van der Waals surface area contributed by atoms with Crippen molar-refractivity contribution < 1.29 is 9.53 Å². The van der Waals surface area contributed by atoms with Crippen LogP contribution in [-0.2, 0) is 4.74 Å². The monoisotopic (exact) mass is 296 g/mol. The average molecular weight is 297 g/mol. The van der Waals surface area contributed by atoms with Gasteiger partial charge in [-0.05, 0) is 37.0 Å². The minimum Gasteiger partial charge on any atom is -0.383 e. The number of nitrogens with one attached hydrogen (secondary N) is 1. The summed E-state index contributed by atoms with van der Waals surface area (Å²) in [7, 11) is 3.48. The fraction of sp³-hybridized carbons (Fsp3) is 0.533. The van der Waals surface area contributed by atoms with Crippen LogP contribution < -0.4 is 5.32 Å². The highest BCUT2D eigenvalue weighted by molar-refractivity contribution is 6.33. The normalized spacial score (nSPS) is 18.6. The van der Waals surface area contributed by atoms with Gasteiger partial charge >= 0.3 is 0 Å². The van der Waals surface area contributed by atoms with Gasteiger partial charge in [-0.15, -0.1) is 0 Å². The lowest BCUT2D eigenvalue weighted by Crippen LogP contribution is -2.25. The number of carbonyl (C=O) groups excluding carboxylic acids is 1. The number of carbonyl (C=O) groups is 1. The third kappa shape index (κ3) is 3.87. The first kappa shape index (κ1) is 15.1. The Bertz CT molecular complexity index is 471. The molecule has 1 unspecified atom stereocenters. The molecule has 1 amide bonds. The van der Waals surface area contributed by atoms with E-state index < -0.39 is 0 Å². The number of benzene rings is 1. The van der Waals surface area contributed by atoms with Crippen molar-refractivity contribution in [1.82, 2.24) is 4.90 Å². The summed E-state index contributed by atoms with van der Waals surface area (Å²) in [4.78, 5) is 13.5. The van der Waals surface area contributed by atoms with Crippen LogP contribution in [0.5, 0.6) is 0 Å². The zero-order chi connectivity index (χ0) is 14.5.